The predicted molar refractivity (Wildman–Crippen MR) is 233 cm³/mol. The maximum atomic E-state index is 12.7. The fourth-order valence-corrected chi connectivity index (χ4v) is 5.81. The molecule has 0 heterocycles. The molecule has 55 heavy (non-hydrogen) atoms. The summed E-state index contributed by atoms with van der Waals surface area (Å²) in [5, 5.41) is 0. The first kappa shape index (κ1) is 51.9. The monoisotopic (exact) mass is 767 g/mol. The van der Waals surface area contributed by atoms with Crippen LogP contribution < -0.4 is 0 Å². The highest BCUT2D eigenvalue weighted by Crippen LogP contribution is 2.13. The van der Waals surface area contributed by atoms with Crippen LogP contribution in [-0.4, -0.2) is 37.2 Å². The molecule has 6 nitrogen and oxygen atoms in total. The summed E-state index contributed by atoms with van der Waals surface area (Å²) in [6, 6.07) is 0. The summed E-state index contributed by atoms with van der Waals surface area (Å²) in [6.45, 7) is 6.38. The van der Waals surface area contributed by atoms with Gasteiger partial charge in [0.15, 0.2) is 6.10 Å². The number of unbranched alkanes of at least 4 members (excludes halogenated alkanes) is 16. The van der Waals surface area contributed by atoms with Crippen LogP contribution in [-0.2, 0) is 28.6 Å². The van der Waals surface area contributed by atoms with E-state index in [1.54, 1.807) is 0 Å². The topological polar surface area (TPSA) is 78.9 Å². The number of ether oxygens (including phenoxy) is 3. The number of allylic oxidation sites excluding steroid dienone is 12. The first-order valence-electron chi connectivity index (χ1n) is 22.4. The Morgan fingerprint density at radius 3 is 1.25 bits per heavy atom. The molecule has 0 N–H and O–H groups in total. The van der Waals surface area contributed by atoms with E-state index >= 15 is 0 Å². The van der Waals surface area contributed by atoms with E-state index in [-0.39, 0.29) is 37.5 Å². The van der Waals surface area contributed by atoms with Crippen LogP contribution >= 0.6 is 0 Å². The SMILES string of the molecule is CC/C=C\C/C=C\C/C=C\C/C=C\C/C=C\CCCC(=O)OC[C@@H](COC(=O)CCCCCCCCCCC)OC(=O)CCCCCCC/C=C\CCCC. The number of carbonyl (C=O) groups excluding carboxylic acids is 3. The first-order valence-corrected chi connectivity index (χ1v) is 22.4. The highest BCUT2D eigenvalue weighted by atomic mass is 16.6. The average Bonchev–Trinajstić information content (AvgIpc) is 3.18. The van der Waals surface area contributed by atoms with Gasteiger partial charge in [0.05, 0.1) is 0 Å². The van der Waals surface area contributed by atoms with Gasteiger partial charge >= 0.3 is 17.9 Å². The molecular weight excluding hydrogens is 685 g/mol. The number of hydrogen-bond donors (Lipinski definition) is 0. The van der Waals surface area contributed by atoms with E-state index in [4.69, 9.17) is 14.2 Å². The van der Waals surface area contributed by atoms with E-state index in [2.05, 4.69) is 93.7 Å². The average molecular weight is 767 g/mol. The molecule has 0 aliphatic carbocycles. The minimum Gasteiger partial charge on any atom is -0.462 e. The summed E-state index contributed by atoms with van der Waals surface area (Å²) in [5.74, 6) is -0.976. The Bertz CT molecular complexity index is 1070. The fraction of sp³-hybridized carbons (Fsp3) is 0.694. The summed E-state index contributed by atoms with van der Waals surface area (Å²) >= 11 is 0. The third-order valence-corrected chi connectivity index (χ3v) is 9.20. The molecule has 6 heteroatoms. The largest absolute Gasteiger partial charge is 0.462 e. The molecule has 0 aromatic carbocycles. The van der Waals surface area contributed by atoms with Crippen LogP contribution in [0.3, 0.4) is 0 Å². The summed E-state index contributed by atoms with van der Waals surface area (Å²) in [5.41, 5.74) is 0. The van der Waals surface area contributed by atoms with Crippen molar-refractivity contribution in [2.45, 2.75) is 207 Å². The van der Waals surface area contributed by atoms with Gasteiger partial charge in [-0.25, -0.2) is 0 Å². The number of carbonyl (C=O) groups is 3. The van der Waals surface area contributed by atoms with Crippen LogP contribution in [0.5, 0.6) is 0 Å². The Kier molecular flexibility index (Phi) is 41.1. The minimum atomic E-state index is -0.797. The third-order valence-electron chi connectivity index (χ3n) is 9.20. The molecule has 0 aliphatic rings. The van der Waals surface area contributed by atoms with Crippen molar-refractivity contribution in [1.29, 1.82) is 0 Å². The number of rotatable bonds is 39. The Morgan fingerprint density at radius 2 is 0.745 bits per heavy atom. The molecular formula is C49H82O6. The molecule has 0 fully saturated rings. The molecule has 314 valence electrons. The lowest BCUT2D eigenvalue weighted by Crippen LogP contribution is -2.30. The van der Waals surface area contributed by atoms with Crippen molar-refractivity contribution < 1.29 is 28.6 Å². The van der Waals surface area contributed by atoms with E-state index in [1.807, 2.05) is 0 Å². The molecule has 0 aliphatic heterocycles. The van der Waals surface area contributed by atoms with Gasteiger partial charge in [-0.3, -0.25) is 14.4 Å². The van der Waals surface area contributed by atoms with Crippen molar-refractivity contribution in [3.05, 3.63) is 72.9 Å². The molecule has 0 rings (SSSR count). The quantitative estimate of drug-likeness (QED) is 0.0268. The molecule has 0 saturated carbocycles. The van der Waals surface area contributed by atoms with Crippen molar-refractivity contribution in [2.24, 2.45) is 0 Å². The van der Waals surface area contributed by atoms with Gasteiger partial charge in [0.25, 0.3) is 0 Å². The van der Waals surface area contributed by atoms with E-state index in [9.17, 15) is 14.4 Å². The highest BCUT2D eigenvalue weighted by Gasteiger charge is 2.19. The first-order chi connectivity index (χ1) is 27.0. The molecule has 0 aromatic heterocycles. The minimum absolute atomic E-state index is 0.0961. The highest BCUT2D eigenvalue weighted by molar-refractivity contribution is 5.71. The van der Waals surface area contributed by atoms with Crippen LogP contribution in [0.2, 0.25) is 0 Å². The Labute approximate surface area is 338 Å². The second kappa shape index (κ2) is 43.6. The lowest BCUT2D eigenvalue weighted by Gasteiger charge is -2.18. The second-order valence-electron chi connectivity index (χ2n) is 14.6. The lowest BCUT2D eigenvalue weighted by atomic mass is 10.1. The molecule has 0 unspecified atom stereocenters. The van der Waals surface area contributed by atoms with Crippen LogP contribution in [0.15, 0.2) is 72.9 Å². The third kappa shape index (κ3) is 41.8. The maximum absolute atomic E-state index is 12.7. The van der Waals surface area contributed by atoms with E-state index in [0.717, 1.165) is 89.9 Å². The lowest BCUT2D eigenvalue weighted by molar-refractivity contribution is -0.167. The van der Waals surface area contributed by atoms with Crippen molar-refractivity contribution in [2.75, 3.05) is 13.2 Å². The van der Waals surface area contributed by atoms with E-state index in [1.165, 1.54) is 64.2 Å². The number of hydrogen-bond acceptors (Lipinski definition) is 6. The molecule has 0 saturated heterocycles. The van der Waals surface area contributed by atoms with Gasteiger partial charge in [0.2, 0.25) is 0 Å². The van der Waals surface area contributed by atoms with Gasteiger partial charge in [-0.1, -0.05) is 177 Å². The molecule has 0 radical (unpaired) electrons. The van der Waals surface area contributed by atoms with Gasteiger partial charge < -0.3 is 14.2 Å². The van der Waals surface area contributed by atoms with Gasteiger partial charge in [0, 0.05) is 19.3 Å². The summed E-state index contributed by atoms with van der Waals surface area (Å²) < 4.78 is 16.6. The molecule has 0 aromatic rings. The van der Waals surface area contributed by atoms with Crippen LogP contribution in [0.1, 0.15) is 201 Å². The zero-order chi connectivity index (χ0) is 40.1. The normalized spacial score (nSPS) is 12.7. The van der Waals surface area contributed by atoms with Crippen LogP contribution in [0.4, 0.5) is 0 Å². The van der Waals surface area contributed by atoms with Gasteiger partial charge in [-0.2, -0.15) is 0 Å². The predicted octanol–water partition coefficient (Wildman–Crippen LogP) is 14.3. The van der Waals surface area contributed by atoms with Crippen molar-refractivity contribution in [1.82, 2.24) is 0 Å². The Morgan fingerprint density at radius 1 is 0.382 bits per heavy atom. The zero-order valence-electron chi connectivity index (χ0n) is 35.7. The Hall–Kier alpha value is -3.15. The van der Waals surface area contributed by atoms with Crippen molar-refractivity contribution in [3.8, 4) is 0 Å². The molecule has 0 spiro atoms. The van der Waals surface area contributed by atoms with Crippen LogP contribution in [0.25, 0.3) is 0 Å². The summed E-state index contributed by atoms with van der Waals surface area (Å²) in [6.07, 6.45) is 53.2. The summed E-state index contributed by atoms with van der Waals surface area (Å²) in [4.78, 5) is 37.6. The van der Waals surface area contributed by atoms with E-state index in [0.29, 0.717) is 19.3 Å². The van der Waals surface area contributed by atoms with E-state index < -0.39 is 6.10 Å². The summed E-state index contributed by atoms with van der Waals surface area (Å²) in [7, 11) is 0. The number of esters is 3. The van der Waals surface area contributed by atoms with Crippen molar-refractivity contribution >= 4 is 17.9 Å². The van der Waals surface area contributed by atoms with Gasteiger partial charge in [0.1, 0.15) is 13.2 Å². The second-order valence-corrected chi connectivity index (χ2v) is 14.6. The van der Waals surface area contributed by atoms with Gasteiger partial charge in [-0.15, -0.1) is 0 Å². The van der Waals surface area contributed by atoms with Gasteiger partial charge in [-0.05, 0) is 77.0 Å². The van der Waals surface area contributed by atoms with Crippen LogP contribution in [0, 0.1) is 0 Å². The van der Waals surface area contributed by atoms with Crippen molar-refractivity contribution in [3.63, 3.8) is 0 Å². The Balaban J connectivity index is 4.46. The smallest absolute Gasteiger partial charge is 0.306 e. The fourth-order valence-electron chi connectivity index (χ4n) is 5.81. The molecule has 0 bridgehead atoms. The molecule has 1 atom stereocenters. The maximum Gasteiger partial charge on any atom is 0.306 e. The molecule has 0 amide bonds. The zero-order valence-corrected chi connectivity index (χ0v) is 35.7. The standard InChI is InChI=1S/C49H82O6/c1-4-7-10-13-16-19-21-22-23-24-25-26-28-30-33-36-39-42-48(51)54-45-46(44-53-47(50)41-38-35-32-29-18-15-12-9-6-3)55-49(52)43-40-37-34-31-27-20-17-14-11-8-5-2/h7,10,14,16-17,19,22-23,25-26,30,33,46H,4-6,8-9,11-13,15,18,20-21,24,27-29,31-32,34-45H2,1-3H3/b10-7-,17-14-,19-16-,23-22-,26-25-,33-30-/t46-/m1/s1.